The largest absolute Gasteiger partial charge is 0.314 e. The van der Waals surface area contributed by atoms with Crippen molar-refractivity contribution in [1.82, 2.24) is 4.57 Å². The Balaban J connectivity index is 2.85. The quantitative estimate of drug-likeness (QED) is 0.651. The third kappa shape index (κ3) is 1.96. The molecule has 0 aliphatic carbocycles. The predicted octanol–water partition coefficient (Wildman–Crippen LogP) is 1.01. The highest BCUT2D eigenvalue weighted by Crippen LogP contribution is 1.94. The topological polar surface area (TPSA) is 45.8 Å². The van der Waals surface area contributed by atoms with Crippen molar-refractivity contribution < 1.29 is 0 Å². The third-order valence-corrected chi connectivity index (χ3v) is 1.59. The van der Waals surface area contributed by atoms with Crippen molar-refractivity contribution >= 4 is 0 Å². The van der Waals surface area contributed by atoms with E-state index in [1.807, 2.05) is 0 Å². The SMILES string of the molecule is CC(C#N)Cn1ccccc1=O. The van der Waals surface area contributed by atoms with E-state index in [1.54, 1.807) is 25.3 Å². The minimum atomic E-state index is -0.120. The molecule has 1 aromatic heterocycles. The highest BCUT2D eigenvalue weighted by atomic mass is 16.1. The molecule has 0 saturated carbocycles. The molecular weight excluding hydrogens is 152 g/mol. The van der Waals surface area contributed by atoms with Crippen LogP contribution in [0.15, 0.2) is 29.2 Å². The molecule has 1 aromatic rings. The predicted molar refractivity (Wildman–Crippen MR) is 45.5 cm³/mol. The van der Waals surface area contributed by atoms with Crippen LogP contribution >= 0.6 is 0 Å². The van der Waals surface area contributed by atoms with Gasteiger partial charge in [-0.1, -0.05) is 6.07 Å². The van der Waals surface area contributed by atoms with E-state index in [0.717, 1.165) is 0 Å². The Hall–Kier alpha value is -1.56. The number of pyridine rings is 1. The van der Waals surface area contributed by atoms with E-state index in [1.165, 1.54) is 10.6 Å². The van der Waals surface area contributed by atoms with Crippen molar-refractivity contribution in [2.75, 3.05) is 0 Å². The van der Waals surface area contributed by atoms with E-state index in [0.29, 0.717) is 6.54 Å². The van der Waals surface area contributed by atoms with E-state index in [-0.39, 0.29) is 11.5 Å². The van der Waals surface area contributed by atoms with Crippen LogP contribution in [0, 0.1) is 17.2 Å². The van der Waals surface area contributed by atoms with Crippen LogP contribution in [0.25, 0.3) is 0 Å². The summed E-state index contributed by atoms with van der Waals surface area (Å²) in [5.74, 6) is -0.120. The lowest BCUT2D eigenvalue weighted by Gasteiger charge is -2.04. The van der Waals surface area contributed by atoms with Crippen LogP contribution in [-0.4, -0.2) is 4.57 Å². The smallest absolute Gasteiger partial charge is 0.250 e. The highest BCUT2D eigenvalue weighted by Gasteiger charge is 2.00. The Morgan fingerprint density at radius 2 is 2.42 bits per heavy atom. The molecule has 0 bridgehead atoms. The number of rotatable bonds is 2. The molecular formula is C9H10N2O. The van der Waals surface area contributed by atoms with Crippen LogP contribution in [0.2, 0.25) is 0 Å². The van der Waals surface area contributed by atoms with Crippen LogP contribution in [0.5, 0.6) is 0 Å². The number of nitriles is 1. The monoisotopic (exact) mass is 162 g/mol. The molecule has 1 rings (SSSR count). The van der Waals surface area contributed by atoms with Gasteiger partial charge in [0, 0.05) is 18.8 Å². The van der Waals surface area contributed by atoms with Gasteiger partial charge in [0.1, 0.15) is 0 Å². The molecule has 0 aromatic carbocycles. The van der Waals surface area contributed by atoms with Gasteiger partial charge in [-0.2, -0.15) is 5.26 Å². The molecule has 0 radical (unpaired) electrons. The van der Waals surface area contributed by atoms with Crippen LogP contribution in [-0.2, 0) is 6.54 Å². The molecule has 0 amide bonds. The average Bonchev–Trinajstić information content (AvgIpc) is 2.09. The minimum absolute atomic E-state index is 0.0559. The lowest BCUT2D eigenvalue weighted by Crippen LogP contribution is -2.20. The Morgan fingerprint density at radius 3 is 3.00 bits per heavy atom. The zero-order valence-electron chi connectivity index (χ0n) is 6.90. The van der Waals surface area contributed by atoms with E-state index >= 15 is 0 Å². The maximum Gasteiger partial charge on any atom is 0.250 e. The second kappa shape index (κ2) is 3.72. The average molecular weight is 162 g/mol. The van der Waals surface area contributed by atoms with Crippen LogP contribution in [0.4, 0.5) is 0 Å². The molecule has 62 valence electrons. The molecule has 1 heterocycles. The fraction of sp³-hybridized carbons (Fsp3) is 0.333. The molecule has 3 heteroatoms. The van der Waals surface area contributed by atoms with Gasteiger partial charge in [0.05, 0.1) is 12.0 Å². The summed E-state index contributed by atoms with van der Waals surface area (Å²) in [4.78, 5) is 11.1. The van der Waals surface area contributed by atoms with Gasteiger partial charge >= 0.3 is 0 Å². The zero-order chi connectivity index (χ0) is 8.97. The summed E-state index contributed by atoms with van der Waals surface area (Å²) in [5.41, 5.74) is -0.0559. The Labute approximate surface area is 70.9 Å². The maximum atomic E-state index is 11.1. The van der Waals surface area contributed by atoms with Crippen LogP contribution in [0.3, 0.4) is 0 Å². The summed E-state index contributed by atoms with van der Waals surface area (Å²) in [7, 11) is 0. The van der Waals surface area contributed by atoms with Crippen molar-refractivity contribution in [1.29, 1.82) is 5.26 Å². The van der Waals surface area contributed by atoms with Gasteiger partial charge in [-0.25, -0.2) is 0 Å². The Bertz CT molecular complexity index is 348. The van der Waals surface area contributed by atoms with Gasteiger partial charge in [-0.3, -0.25) is 4.79 Å². The third-order valence-electron chi connectivity index (χ3n) is 1.59. The summed E-state index contributed by atoms with van der Waals surface area (Å²) >= 11 is 0. The molecule has 0 saturated heterocycles. The van der Waals surface area contributed by atoms with Crippen molar-refractivity contribution in [3.8, 4) is 6.07 Å². The molecule has 3 nitrogen and oxygen atoms in total. The molecule has 0 aliphatic rings. The Morgan fingerprint density at radius 1 is 1.67 bits per heavy atom. The van der Waals surface area contributed by atoms with Gasteiger partial charge in [-0.15, -0.1) is 0 Å². The summed E-state index contributed by atoms with van der Waals surface area (Å²) in [5, 5.41) is 8.52. The summed E-state index contributed by atoms with van der Waals surface area (Å²) in [6.07, 6.45) is 1.69. The molecule has 0 N–H and O–H groups in total. The first-order valence-electron chi connectivity index (χ1n) is 3.79. The van der Waals surface area contributed by atoms with Gasteiger partial charge in [-0.05, 0) is 13.0 Å². The number of hydrogen-bond donors (Lipinski definition) is 0. The molecule has 12 heavy (non-hydrogen) atoms. The first-order valence-corrected chi connectivity index (χ1v) is 3.79. The van der Waals surface area contributed by atoms with E-state index < -0.39 is 0 Å². The lowest BCUT2D eigenvalue weighted by atomic mass is 10.2. The number of hydrogen-bond acceptors (Lipinski definition) is 2. The summed E-state index contributed by atoms with van der Waals surface area (Å²) in [6, 6.07) is 7.04. The van der Waals surface area contributed by atoms with Gasteiger partial charge in [0.15, 0.2) is 0 Å². The van der Waals surface area contributed by atoms with Crippen molar-refractivity contribution in [3.63, 3.8) is 0 Å². The zero-order valence-corrected chi connectivity index (χ0v) is 6.90. The fourth-order valence-corrected chi connectivity index (χ4v) is 0.947. The van der Waals surface area contributed by atoms with Gasteiger partial charge in [0.25, 0.3) is 5.56 Å². The fourth-order valence-electron chi connectivity index (χ4n) is 0.947. The standard InChI is InChI=1S/C9H10N2O/c1-8(6-10)7-11-5-3-2-4-9(11)12/h2-5,8H,7H2,1H3. The lowest BCUT2D eigenvalue weighted by molar-refractivity contribution is 0.564. The first kappa shape index (κ1) is 8.54. The Kier molecular flexibility index (Phi) is 2.65. The van der Waals surface area contributed by atoms with E-state index in [2.05, 4.69) is 6.07 Å². The van der Waals surface area contributed by atoms with E-state index in [4.69, 9.17) is 5.26 Å². The van der Waals surface area contributed by atoms with Gasteiger partial charge in [0.2, 0.25) is 0 Å². The van der Waals surface area contributed by atoms with Gasteiger partial charge < -0.3 is 4.57 Å². The van der Waals surface area contributed by atoms with Crippen LogP contribution in [0.1, 0.15) is 6.92 Å². The van der Waals surface area contributed by atoms with Crippen molar-refractivity contribution in [3.05, 3.63) is 34.7 Å². The number of aromatic nitrogens is 1. The second-order valence-electron chi connectivity index (χ2n) is 2.72. The highest BCUT2D eigenvalue weighted by molar-refractivity contribution is 4.94. The number of nitrogens with zero attached hydrogens (tertiary/aromatic N) is 2. The normalized spacial score (nSPS) is 12.0. The molecule has 0 spiro atoms. The maximum absolute atomic E-state index is 11.1. The second-order valence-corrected chi connectivity index (χ2v) is 2.72. The minimum Gasteiger partial charge on any atom is -0.314 e. The van der Waals surface area contributed by atoms with E-state index in [9.17, 15) is 4.79 Å². The molecule has 0 aliphatic heterocycles. The molecule has 1 atom stereocenters. The van der Waals surface area contributed by atoms with Crippen molar-refractivity contribution in [2.24, 2.45) is 5.92 Å². The summed E-state index contributed by atoms with van der Waals surface area (Å²) < 4.78 is 1.54. The summed E-state index contributed by atoms with van der Waals surface area (Å²) in [6.45, 7) is 2.26. The molecule has 0 fully saturated rings. The first-order chi connectivity index (χ1) is 5.74. The van der Waals surface area contributed by atoms with Crippen molar-refractivity contribution in [2.45, 2.75) is 13.5 Å². The van der Waals surface area contributed by atoms with Crippen LogP contribution < -0.4 is 5.56 Å². The molecule has 1 unspecified atom stereocenters.